The zero-order valence-electron chi connectivity index (χ0n) is 14.6. The monoisotopic (exact) mass is 348 g/mol. The first kappa shape index (κ1) is 18.9. The van der Waals surface area contributed by atoms with Crippen molar-refractivity contribution >= 4 is 23.5 Å². The highest BCUT2D eigenvalue weighted by Gasteiger charge is 2.19. The number of anilines is 1. The summed E-state index contributed by atoms with van der Waals surface area (Å²) in [4.78, 5) is 37.0. The Labute approximate surface area is 147 Å². The zero-order chi connectivity index (χ0) is 18.2. The molecule has 2 rings (SSSR count). The molecule has 1 aromatic rings. The van der Waals surface area contributed by atoms with Crippen LogP contribution in [0.25, 0.3) is 0 Å². The number of nitrogens with zero attached hydrogens (tertiary/aromatic N) is 1. The van der Waals surface area contributed by atoms with E-state index in [-0.39, 0.29) is 24.5 Å². The standard InChI is InChI=1S/C18H24N2O5/c1-3-24-18(23)14-6-8-15(9-7-14)20(13(2)21)12-17(22)19-11-16-5-4-10-25-16/h6-9,16H,3-5,10-12H2,1-2H3,(H,19,22). The normalized spacial score (nSPS) is 16.3. The summed E-state index contributed by atoms with van der Waals surface area (Å²) in [5, 5.41) is 2.79. The van der Waals surface area contributed by atoms with Crippen molar-refractivity contribution in [2.24, 2.45) is 0 Å². The van der Waals surface area contributed by atoms with Gasteiger partial charge >= 0.3 is 5.97 Å². The van der Waals surface area contributed by atoms with E-state index in [4.69, 9.17) is 9.47 Å². The third-order valence-electron chi connectivity index (χ3n) is 3.92. The number of amides is 2. The van der Waals surface area contributed by atoms with Gasteiger partial charge in [-0.3, -0.25) is 9.59 Å². The Bertz CT molecular complexity index is 608. The van der Waals surface area contributed by atoms with E-state index in [0.717, 1.165) is 19.4 Å². The van der Waals surface area contributed by atoms with Crippen LogP contribution < -0.4 is 10.2 Å². The molecule has 0 bridgehead atoms. The molecule has 136 valence electrons. The number of ether oxygens (including phenoxy) is 2. The molecule has 1 aliphatic heterocycles. The fourth-order valence-electron chi connectivity index (χ4n) is 2.61. The lowest BCUT2D eigenvalue weighted by atomic mass is 10.2. The van der Waals surface area contributed by atoms with Gasteiger partial charge in [-0.25, -0.2) is 4.79 Å². The van der Waals surface area contributed by atoms with Crippen LogP contribution in [0.3, 0.4) is 0 Å². The van der Waals surface area contributed by atoms with E-state index in [0.29, 0.717) is 24.4 Å². The molecule has 7 nitrogen and oxygen atoms in total. The van der Waals surface area contributed by atoms with Gasteiger partial charge in [-0.15, -0.1) is 0 Å². The minimum Gasteiger partial charge on any atom is -0.462 e. The van der Waals surface area contributed by atoms with Crippen LogP contribution in [-0.4, -0.2) is 50.2 Å². The molecule has 0 radical (unpaired) electrons. The molecule has 0 saturated carbocycles. The van der Waals surface area contributed by atoms with E-state index in [1.165, 1.54) is 11.8 Å². The lowest BCUT2D eigenvalue weighted by molar-refractivity contribution is -0.123. The zero-order valence-corrected chi connectivity index (χ0v) is 14.6. The van der Waals surface area contributed by atoms with E-state index in [9.17, 15) is 14.4 Å². The molecule has 1 saturated heterocycles. The lowest BCUT2D eigenvalue weighted by Gasteiger charge is -2.21. The number of benzene rings is 1. The molecule has 1 heterocycles. The highest BCUT2D eigenvalue weighted by molar-refractivity contribution is 5.98. The molecular weight excluding hydrogens is 324 g/mol. The second kappa shape index (κ2) is 9.17. The van der Waals surface area contributed by atoms with E-state index >= 15 is 0 Å². The lowest BCUT2D eigenvalue weighted by Crippen LogP contribution is -2.42. The number of esters is 1. The summed E-state index contributed by atoms with van der Waals surface area (Å²) in [5.74, 6) is -0.922. The molecule has 0 aliphatic carbocycles. The Hall–Kier alpha value is -2.41. The van der Waals surface area contributed by atoms with Crippen molar-refractivity contribution in [2.75, 3.05) is 31.2 Å². The van der Waals surface area contributed by atoms with Crippen LogP contribution in [0.1, 0.15) is 37.0 Å². The van der Waals surface area contributed by atoms with Crippen LogP contribution >= 0.6 is 0 Å². The number of hydrogen-bond acceptors (Lipinski definition) is 5. The van der Waals surface area contributed by atoms with Gasteiger partial charge in [-0.1, -0.05) is 0 Å². The molecule has 7 heteroatoms. The summed E-state index contributed by atoms with van der Waals surface area (Å²) in [7, 11) is 0. The molecule has 1 unspecified atom stereocenters. The molecular formula is C18H24N2O5. The van der Waals surface area contributed by atoms with Gasteiger partial charge in [0.25, 0.3) is 0 Å². The van der Waals surface area contributed by atoms with E-state index in [1.807, 2.05) is 0 Å². The molecule has 1 aromatic carbocycles. The van der Waals surface area contributed by atoms with Crippen molar-refractivity contribution < 1.29 is 23.9 Å². The van der Waals surface area contributed by atoms with Gasteiger partial charge in [0, 0.05) is 25.8 Å². The quantitative estimate of drug-likeness (QED) is 0.755. The Morgan fingerprint density at radius 2 is 2.00 bits per heavy atom. The van der Waals surface area contributed by atoms with E-state index < -0.39 is 5.97 Å². The Morgan fingerprint density at radius 1 is 1.28 bits per heavy atom. The Kier molecular flexibility index (Phi) is 6.94. The maximum absolute atomic E-state index is 12.1. The Balaban J connectivity index is 1.95. The van der Waals surface area contributed by atoms with Crippen molar-refractivity contribution in [3.05, 3.63) is 29.8 Å². The van der Waals surface area contributed by atoms with Gasteiger partial charge in [0.1, 0.15) is 6.54 Å². The van der Waals surface area contributed by atoms with Gasteiger partial charge in [-0.05, 0) is 44.0 Å². The molecule has 1 aliphatic rings. The highest BCUT2D eigenvalue weighted by Crippen LogP contribution is 2.16. The average molecular weight is 348 g/mol. The smallest absolute Gasteiger partial charge is 0.338 e. The fraction of sp³-hybridized carbons (Fsp3) is 0.500. The van der Waals surface area contributed by atoms with Crippen LogP contribution in [0.15, 0.2) is 24.3 Å². The number of carbonyl (C=O) groups excluding carboxylic acids is 3. The third-order valence-corrected chi connectivity index (χ3v) is 3.92. The number of rotatable bonds is 7. The maximum Gasteiger partial charge on any atom is 0.338 e. The molecule has 1 N–H and O–H groups in total. The maximum atomic E-state index is 12.1. The van der Waals surface area contributed by atoms with Gasteiger partial charge in [0.05, 0.1) is 18.3 Å². The minimum absolute atomic E-state index is 0.0542. The topological polar surface area (TPSA) is 84.9 Å². The predicted molar refractivity (Wildman–Crippen MR) is 92.4 cm³/mol. The fourth-order valence-corrected chi connectivity index (χ4v) is 2.61. The second-order valence-corrected chi connectivity index (χ2v) is 5.81. The van der Waals surface area contributed by atoms with E-state index in [2.05, 4.69) is 5.32 Å². The molecule has 2 amide bonds. The third kappa shape index (κ3) is 5.56. The Morgan fingerprint density at radius 3 is 2.56 bits per heavy atom. The summed E-state index contributed by atoms with van der Waals surface area (Å²) in [6, 6.07) is 6.41. The highest BCUT2D eigenvalue weighted by atomic mass is 16.5. The average Bonchev–Trinajstić information content (AvgIpc) is 3.11. The molecule has 0 aromatic heterocycles. The van der Waals surface area contributed by atoms with Crippen LogP contribution in [-0.2, 0) is 19.1 Å². The van der Waals surface area contributed by atoms with Crippen molar-refractivity contribution in [3.8, 4) is 0 Å². The van der Waals surface area contributed by atoms with Crippen LogP contribution in [0.4, 0.5) is 5.69 Å². The van der Waals surface area contributed by atoms with Crippen LogP contribution in [0.2, 0.25) is 0 Å². The summed E-state index contributed by atoms with van der Waals surface area (Å²) in [6.45, 7) is 4.52. The number of carbonyl (C=O) groups is 3. The molecule has 0 spiro atoms. The van der Waals surface area contributed by atoms with Gasteiger partial charge in [0.15, 0.2) is 0 Å². The van der Waals surface area contributed by atoms with Crippen molar-refractivity contribution in [2.45, 2.75) is 32.8 Å². The predicted octanol–water partition coefficient (Wildman–Crippen LogP) is 1.51. The van der Waals surface area contributed by atoms with Crippen molar-refractivity contribution in [1.29, 1.82) is 0 Å². The molecule has 1 atom stereocenters. The van der Waals surface area contributed by atoms with Crippen molar-refractivity contribution in [3.63, 3.8) is 0 Å². The van der Waals surface area contributed by atoms with Gasteiger partial charge < -0.3 is 19.7 Å². The number of hydrogen-bond donors (Lipinski definition) is 1. The largest absolute Gasteiger partial charge is 0.462 e. The minimum atomic E-state index is -0.419. The summed E-state index contributed by atoms with van der Waals surface area (Å²) in [5.41, 5.74) is 0.949. The number of nitrogens with one attached hydrogen (secondary N) is 1. The van der Waals surface area contributed by atoms with Crippen LogP contribution in [0, 0.1) is 0 Å². The SMILES string of the molecule is CCOC(=O)c1ccc(N(CC(=O)NCC2CCCO2)C(C)=O)cc1. The van der Waals surface area contributed by atoms with Crippen LogP contribution in [0.5, 0.6) is 0 Å². The van der Waals surface area contributed by atoms with E-state index in [1.54, 1.807) is 31.2 Å². The summed E-state index contributed by atoms with van der Waals surface area (Å²) in [6.07, 6.45) is 2.00. The molecule has 25 heavy (non-hydrogen) atoms. The first-order valence-electron chi connectivity index (χ1n) is 8.45. The molecule has 1 fully saturated rings. The first-order valence-corrected chi connectivity index (χ1v) is 8.45. The first-order chi connectivity index (χ1) is 12.0. The van der Waals surface area contributed by atoms with Gasteiger partial charge in [0.2, 0.25) is 11.8 Å². The second-order valence-electron chi connectivity index (χ2n) is 5.81. The van der Waals surface area contributed by atoms with Crippen molar-refractivity contribution in [1.82, 2.24) is 5.32 Å². The summed E-state index contributed by atoms with van der Waals surface area (Å²) >= 11 is 0. The van der Waals surface area contributed by atoms with Gasteiger partial charge in [-0.2, -0.15) is 0 Å². The summed E-state index contributed by atoms with van der Waals surface area (Å²) < 4.78 is 10.4.